The normalized spacial score (nSPS) is 20.9. The van der Waals surface area contributed by atoms with Gasteiger partial charge in [0.05, 0.1) is 12.6 Å². The molecule has 2 N–H and O–H groups in total. The van der Waals surface area contributed by atoms with Crippen LogP contribution in [0.1, 0.15) is 49.6 Å². The van der Waals surface area contributed by atoms with Crippen molar-refractivity contribution in [2.75, 3.05) is 13.2 Å². The molecule has 1 unspecified atom stereocenters. The van der Waals surface area contributed by atoms with E-state index in [0.717, 1.165) is 41.1 Å². The lowest BCUT2D eigenvalue weighted by molar-refractivity contribution is -0.101. The van der Waals surface area contributed by atoms with Crippen LogP contribution in [0.15, 0.2) is 16.6 Å². The van der Waals surface area contributed by atoms with Crippen LogP contribution in [-0.4, -0.2) is 39.6 Å². The van der Waals surface area contributed by atoms with E-state index in [1.165, 1.54) is 4.90 Å². The molecule has 162 valence electrons. The zero-order valence-corrected chi connectivity index (χ0v) is 18.3. The summed E-state index contributed by atoms with van der Waals surface area (Å²) in [5, 5.41) is 11.0. The van der Waals surface area contributed by atoms with Crippen molar-refractivity contribution in [3.05, 3.63) is 55.6 Å². The Bertz CT molecular complexity index is 1090. The molecule has 0 saturated heterocycles. The van der Waals surface area contributed by atoms with E-state index in [2.05, 4.69) is 27.0 Å². The smallest absolute Gasteiger partial charge is 0.283 e. The fourth-order valence-electron chi connectivity index (χ4n) is 4.63. The zero-order valence-electron chi connectivity index (χ0n) is 16.7. The molecule has 1 atom stereocenters. The highest BCUT2D eigenvalue weighted by Gasteiger charge is 2.47. The topological polar surface area (TPSA) is 39.3 Å². The Morgan fingerprint density at radius 1 is 1.20 bits per heavy atom. The van der Waals surface area contributed by atoms with Crippen molar-refractivity contribution in [1.82, 2.24) is 9.88 Å². The summed E-state index contributed by atoms with van der Waals surface area (Å²) in [5.41, 5.74) is 0.326. The molecule has 0 saturated carbocycles. The van der Waals surface area contributed by atoms with E-state index in [9.17, 15) is 13.9 Å². The zero-order chi connectivity index (χ0) is 21.8. The summed E-state index contributed by atoms with van der Waals surface area (Å²) in [5.74, 6) is -5.04. The van der Waals surface area contributed by atoms with E-state index >= 15 is 8.78 Å². The van der Waals surface area contributed by atoms with Crippen molar-refractivity contribution < 1.29 is 22.7 Å². The van der Waals surface area contributed by atoms with Crippen LogP contribution in [-0.2, 0) is 6.42 Å². The van der Waals surface area contributed by atoms with Gasteiger partial charge in [-0.15, -0.1) is 0 Å². The van der Waals surface area contributed by atoms with Gasteiger partial charge >= 0.3 is 0 Å². The third-order valence-corrected chi connectivity index (χ3v) is 6.45. The van der Waals surface area contributed by atoms with Gasteiger partial charge in [0, 0.05) is 26.6 Å². The molecule has 30 heavy (non-hydrogen) atoms. The van der Waals surface area contributed by atoms with Crippen molar-refractivity contribution >= 4 is 28.1 Å². The van der Waals surface area contributed by atoms with Crippen molar-refractivity contribution in [2.45, 2.75) is 50.6 Å². The van der Waals surface area contributed by atoms with Crippen molar-refractivity contribution in [3.63, 3.8) is 0 Å². The quantitative estimate of drug-likeness (QED) is 0.645. The maximum atomic E-state index is 15.1. The van der Waals surface area contributed by atoms with Crippen LogP contribution in [0.3, 0.4) is 0 Å². The van der Waals surface area contributed by atoms with E-state index < -0.39 is 42.3 Å². The number of aromatic nitrogens is 1. The fraction of sp³-hybridized carbons (Fsp3) is 0.455. The first kappa shape index (κ1) is 21.6. The first-order chi connectivity index (χ1) is 14.0. The largest absolute Gasteiger partial charge is 0.390 e. The van der Waals surface area contributed by atoms with Crippen LogP contribution in [0.4, 0.5) is 17.6 Å². The summed E-state index contributed by atoms with van der Waals surface area (Å²) < 4.78 is 59.0. The van der Waals surface area contributed by atoms with Crippen LogP contribution >= 0.6 is 15.9 Å². The number of aromatic amines is 1. The number of benzene rings is 1. The Balaban J connectivity index is 2.01. The van der Waals surface area contributed by atoms with Gasteiger partial charge in [-0.05, 0) is 56.0 Å². The van der Waals surface area contributed by atoms with Gasteiger partial charge in [-0.2, -0.15) is 0 Å². The molecule has 2 aromatic rings. The molecule has 0 fully saturated rings. The lowest BCUT2D eigenvalue weighted by Gasteiger charge is -2.48. The lowest BCUT2D eigenvalue weighted by atomic mass is 9.81. The van der Waals surface area contributed by atoms with E-state index in [1.54, 1.807) is 13.8 Å². The molecule has 8 heteroatoms. The lowest BCUT2D eigenvalue weighted by Crippen LogP contribution is -2.56. The molecular formula is C22H23BrF4N2O. The van der Waals surface area contributed by atoms with Gasteiger partial charge in [0.2, 0.25) is 0 Å². The second-order valence-corrected chi connectivity index (χ2v) is 9.56. The Morgan fingerprint density at radius 2 is 1.83 bits per heavy atom. The van der Waals surface area contributed by atoms with Crippen molar-refractivity contribution in [1.29, 1.82) is 0 Å². The average molecular weight is 487 g/mol. The SMILES string of the molecule is CC1(C)Cc2c([nH]c3c2=CCCC=3)C(c2c(F)cc(Br)cc2F)N1CC(F)(F)CO. The number of hydrogen-bond donors (Lipinski definition) is 2. The molecule has 4 rings (SSSR count). The third kappa shape index (κ3) is 3.63. The minimum atomic E-state index is -3.42. The Kier molecular flexibility index (Phi) is 5.39. The predicted octanol–water partition coefficient (Wildman–Crippen LogP) is 3.76. The van der Waals surface area contributed by atoms with Gasteiger partial charge in [-0.1, -0.05) is 28.1 Å². The summed E-state index contributed by atoms with van der Waals surface area (Å²) in [6, 6.07) is 1.20. The molecule has 1 aliphatic heterocycles. The Hall–Kier alpha value is -1.64. The summed E-state index contributed by atoms with van der Waals surface area (Å²) in [6.07, 6.45) is 6.25. The van der Waals surface area contributed by atoms with Gasteiger partial charge in [0.15, 0.2) is 0 Å². The van der Waals surface area contributed by atoms with Crippen molar-refractivity contribution in [3.8, 4) is 0 Å². The number of aliphatic hydroxyl groups is 1. The number of alkyl halides is 2. The Morgan fingerprint density at radius 3 is 2.47 bits per heavy atom. The number of rotatable bonds is 4. The predicted molar refractivity (Wildman–Crippen MR) is 111 cm³/mol. The monoisotopic (exact) mass is 486 g/mol. The fourth-order valence-corrected chi connectivity index (χ4v) is 5.03. The highest BCUT2D eigenvalue weighted by molar-refractivity contribution is 9.10. The minimum absolute atomic E-state index is 0.233. The number of halogens is 5. The van der Waals surface area contributed by atoms with Crippen LogP contribution in [0.25, 0.3) is 12.2 Å². The summed E-state index contributed by atoms with van der Waals surface area (Å²) in [6.45, 7) is 1.41. The van der Waals surface area contributed by atoms with Crippen molar-refractivity contribution in [2.24, 2.45) is 0 Å². The summed E-state index contributed by atoms with van der Waals surface area (Å²) in [7, 11) is 0. The van der Waals surface area contributed by atoms with Crippen LogP contribution in [0, 0.1) is 11.6 Å². The first-order valence-corrected chi connectivity index (χ1v) is 10.6. The molecule has 1 aliphatic carbocycles. The van der Waals surface area contributed by atoms with Crippen LogP contribution in [0.2, 0.25) is 0 Å². The van der Waals surface area contributed by atoms with Gasteiger partial charge in [0.25, 0.3) is 5.92 Å². The second kappa shape index (κ2) is 7.50. The molecule has 0 radical (unpaired) electrons. The summed E-state index contributed by atoms with van der Waals surface area (Å²) in [4.78, 5) is 4.67. The van der Waals surface area contributed by atoms with Gasteiger partial charge in [-0.25, -0.2) is 17.6 Å². The highest BCUT2D eigenvalue weighted by atomic mass is 79.9. The minimum Gasteiger partial charge on any atom is -0.390 e. The number of hydrogen-bond acceptors (Lipinski definition) is 2. The highest BCUT2D eigenvalue weighted by Crippen LogP contribution is 2.43. The molecule has 3 nitrogen and oxygen atoms in total. The number of fused-ring (bicyclic) bond motifs is 3. The number of H-pyrrole nitrogens is 1. The molecule has 0 bridgehead atoms. The van der Waals surface area contributed by atoms with E-state index in [-0.39, 0.29) is 10.0 Å². The second-order valence-electron chi connectivity index (χ2n) is 8.65. The van der Waals surface area contributed by atoms with E-state index in [4.69, 9.17) is 0 Å². The molecule has 2 aliphatic rings. The first-order valence-electron chi connectivity index (χ1n) is 9.85. The third-order valence-electron chi connectivity index (χ3n) is 6.00. The molecule has 0 spiro atoms. The average Bonchev–Trinajstić information content (AvgIpc) is 3.00. The molecule has 2 heterocycles. The number of nitrogens with one attached hydrogen (secondary N) is 1. The number of aliphatic hydroxyl groups excluding tert-OH is 1. The Labute approximate surface area is 180 Å². The van der Waals surface area contributed by atoms with Crippen LogP contribution in [0.5, 0.6) is 0 Å². The molecule has 1 aromatic carbocycles. The summed E-state index contributed by atoms with van der Waals surface area (Å²) >= 11 is 3.08. The van der Waals surface area contributed by atoms with Gasteiger partial charge in [0.1, 0.15) is 18.2 Å². The molecular weight excluding hydrogens is 464 g/mol. The standard InChI is InChI=1S/C22H23BrF4N2O/c1-21(2)9-14-13-5-3-4-6-17(13)28-19(14)20(29(21)10-22(26,27)11-30)18-15(24)7-12(23)8-16(18)25/h5-8,20,28,30H,3-4,9-11H2,1-2H3. The maximum Gasteiger partial charge on any atom is 0.283 e. The van der Waals surface area contributed by atoms with E-state index in [0.29, 0.717) is 12.1 Å². The molecule has 0 amide bonds. The van der Waals surface area contributed by atoms with Gasteiger partial charge in [-0.3, -0.25) is 4.90 Å². The van der Waals surface area contributed by atoms with E-state index in [1.807, 2.05) is 6.08 Å². The molecule has 1 aromatic heterocycles. The van der Waals surface area contributed by atoms with Crippen LogP contribution < -0.4 is 10.6 Å². The number of nitrogens with zero attached hydrogens (tertiary/aromatic N) is 1. The van der Waals surface area contributed by atoms with Gasteiger partial charge < -0.3 is 10.1 Å². The maximum absolute atomic E-state index is 15.1.